The van der Waals surface area contributed by atoms with Crippen LogP contribution in [0.3, 0.4) is 0 Å². The van der Waals surface area contributed by atoms with Gasteiger partial charge in [-0.25, -0.2) is 0 Å². The second-order valence-corrected chi connectivity index (χ2v) is 5.59. The van der Waals surface area contributed by atoms with E-state index in [-0.39, 0.29) is 6.10 Å². The predicted molar refractivity (Wildman–Crippen MR) is 62.8 cm³/mol. The smallest absolute Gasteiger partial charge is 0.0693 e. The Morgan fingerprint density at radius 1 is 1.27 bits per heavy atom. The molecule has 0 amide bonds. The first-order chi connectivity index (χ1) is 7.26. The van der Waals surface area contributed by atoms with Crippen molar-refractivity contribution in [3.8, 4) is 0 Å². The molecule has 0 aromatic carbocycles. The summed E-state index contributed by atoms with van der Waals surface area (Å²) in [6.45, 7) is 3.41. The van der Waals surface area contributed by atoms with Crippen molar-refractivity contribution >= 4 is 0 Å². The van der Waals surface area contributed by atoms with Gasteiger partial charge in [0.1, 0.15) is 0 Å². The molecule has 2 fully saturated rings. The van der Waals surface area contributed by atoms with E-state index in [4.69, 9.17) is 0 Å². The maximum Gasteiger partial charge on any atom is 0.0693 e. The summed E-state index contributed by atoms with van der Waals surface area (Å²) in [6, 6.07) is 0.382. The fraction of sp³-hybridized carbons (Fsp3) is 1.00. The van der Waals surface area contributed by atoms with Crippen molar-refractivity contribution in [3.05, 3.63) is 0 Å². The van der Waals surface area contributed by atoms with Crippen molar-refractivity contribution in [1.29, 1.82) is 0 Å². The van der Waals surface area contributed by atoms with Crippen molar-refractivity contribution in [2.45, 2.75) is 70.4 Å². The van der Waals surface area contributed by atoms with Crippen LogP contribution in [-0.4, -0.2) is 23.8 Å². The molecule has 0 saturated heterocycles. The molecule has 2 aliphatic carbocycles. The minimum Gasteiger partial charge on any atom is -0.392 e. The molecule has 0 spiro atoms. The second-order valence-electron chi connectivity index (χ2n) is 5.59. The molecule has 0 unspecified atom stereocenters. The molecule has 0 aromatic heterocycles. The van der Waals surface area contributed by atoms with Gasteiger partial charge in [0.05, 0.1) is 6.10 Å². The van der Waals surface area contributed by atoms with Crippen LogP contribution < -0.4 is 5.32 Å². The minimum atomic E-state index is -0.0869. The topological polar surface area (TPSA) is 32.3 Å². The zero-order valence-electron chi connectivity index (χ0n) is 9.97. The average Bonchev–Trinajstić information content (AvgIpc) is 2.98. The molecule has 0 radical (unpaired) electrons. The highest BCUT2D eigenvalue weighted by molar-refractivity contribution is 4.96. The van der Waals surface area contributed by atoms with Crippen molar-refractivity contribution in [2.75, 3.05) is 6.54 Å². The van der Waals surface area contributed by atoms with Gasteiger partial charge in [-0.2, -0.15) is 0 Å². The summed E-state index contributed by atoms with van der Waals surface area (Å²) in [6.07, 6.45) is 10.0. The Hall–Kier alpha value is -0.0800. The van der Waals surface area contributed by atoms with Crippen LogP contribution in [0.25, 0.3) is 0 Å². The standard InChI is InChI=1S/C13H25NO/c1-2-7-13(8-9-13)10-14-11-5-3-4-6-12(11)15/h11-12,14-15H,2-10H2,1H3/t11-,12-/m0/s1. The van der Waals surface area contributed by atoms with Crippen molar-refractivity contribution in [1.82, 2.24) is 5.32 Å². The molecule has 0 bridgehead atoms. The Balaban J connectivity index is 1.72. The average molecular weight is 211 g/mol. The Kier molecular flexibility index (Phi) is 3.68. The molecule has 0 heterocycles. The molecule has 15 heavy (non-hydrogen) atoms. The lowest BCUT2D eigenvalue weighted by Gasteiger charge is -2.30. The third-order valence-electron chi connectivity index (χ3n) is 4.21. The third-order valence-corrected chi connectivity index (χ3v) is 4.21. The van der Waals surface area contributed by atoms with Crippen LogP contribution in [0.4, 0.5) is 0 Å². The molecular weight excluding hydrogens is 186 g/mol. The number of hydrogen-bond donors (Lipinski definition) is 2. The summed E-state index contributed by atoms with van der Waals surface area (Å²) in [5, 5.41) is 13.5. The summed E-state index contributed by atoms with van der Waals surface area (Å²) < 4.78 is 0. The number of hydrogen-bond acceptors (Lipinski definition) is 2. The van der Waals surface area contributed by atoms with Gasteiger partial charge in [0.15, 0.2) is 0 Å². The van der Waals surface area contributed by atoms with Gasteiger partial charge in [-0.05, 0) is 37.5 Å². The minimum absolute atomic E-state index is 0.0869. The van der Waals surface area contributed by atoms with E-state index in [9.17, 15) is 5.11 Å². The quantitative estimate of drug-likeness (QED) is 0.732. The third kappa shape index (κ3) is 2.94. The fourth-order valence-corrected chi connectivity index (χ4v) is 2.92. The molecule has 2 heteroatoms. The lowest BCUT2D eigenvalue weighted by atomic mass is 9.91. The molecular formula is C13H25NO. The van der Waals surface area contributed by atoms with Crippen molar-refractivity contribution in [2.24, 2.45) is 5.41 Å². The largest absolute Gasteiger partial charge is 0.392 e. The van der Waals surface area contributed by atoms with E-state index in [1.807, 2.05) is 0 Å². The summed E-state index contributed by atoms with van der Waals surface area (Å²) in [5.74, 6) is 0. The highest BCUT2D eigenvalue weighted by Crippen LogP contribution is 2.49. The normalized spacial score (nSPS) is 34.0. The zero-order valence-corrected chi connectivity index (χ0v) is 9.97. The van der Waals surface area contributed by atoms with E-state index < -0.39 is 0 Å². The Bertz CT molecular complexity index is 201. The first kappa shape index (κ1) is 11.4. The Labute approximate surface area is 93.5 Å². The monoisotopic (exact) mass is 211 g/mol. The van der Waals surface area contributed by atoms with Crippen LogP contribution in [0.15, 0.2) is 0 Å². The highest BCUT2D eigenvalue weighted by atomic mass is 16.3. The second kappa shape index (κ2) is 4.84. The van der Waals surface area contributed by atoms with Crippen molar-refractivity contribution < 1.29 is 5.11 Å². The van der Waals surface area contributed by atoms with Crippen LogP contribution in [0.1, 0.15) is 58.3 Å². The van der Waals surface area contributed by atoms with Gasteiger partial charge < -0.3 is 10.4 Å². The van der Waals surface area contributed by atoms with Crippen LogP contribution >= 0.6 is 0 Å². The Morgan fingerprint density at radius 3 is 2.60 bits per heavy atom. The lowest BCUT2D eigenvalue weighted by molar-refractivity contribution is 0.0878. The van der Waals surface area contributed by atoms with E-state index in [0.29, 0.717) is 11.5 Å². The zero-order chi connectivity index (χ0) is 10.7. The first-order valence-corrected chi connectivity index (χ1v) is 6.67. The number of aliphatic hydroxyl groups is 1. The van der Waals surface area contributed by atoms with E-state index >= 15 is 0 Å². The van der Waals surface area contributed by atoms with Gasteiger partial charge >= 0.3 is 0 Å². The summed E-state index contributed by atoms with van der Waals surface area (Å²) >= 11 is 0. The van der Waals surface area contributed by atoms with E-state index in [0.717, 1.165) is 13.0 Å². The molecule has 2 rings (SSSR count). The molecule has 2 nitrogen and oxygen atoms in total. The molecule has 2 aliphatic rings. The van der Waals surface area contributed by atoms with Gasteiger partial charge in [0.2, 0.25) is 0 Å². The summed E-state index contributed by atoms with van der Waals surface area (Å²) in [4.78, 5) is 0. The first-order valence-electron chi connectivity index (χ1n) is 6.67. The number of nitrogens with one attached hydrogen (secondary N) is 1. The summed E-state index contributed by atoms with van der Waals surface area (Å²) in [5.41, 5.74) is 0.617. The predicted octanol–water partition coefficient (Wildman–Crippen LogP) is 2.46. The lowest BCUT2D eigenvalue weighted by Crippen LogP contribution is -2.44. The van der Waals surface area contributed by atoms with E-state index in [1.54, 1.807) is 0 Å². The molecule has 88 valence electrons. The van der Waals surface area contributed by atoms with Crippen molar-refractivity contribution in [3.63, 3.8) is 0 Å². The molecule has 2 saturated carbocycles. The van der Waals surface area contributed by atoms with Crippen LogP contribution in [-0.2, 0) is 0 Å². The van der Waals surface area contributed by atoms with Crippen LogP contribution in [0, 0.1) is 5.41 Å². The maximum atomic E-state index is 9.85. The molecule has 2 N–H and O–H groups in total. The Morgan fingerprint density at radius 2 is 2.00 bits per heavy atom. The van der Waals surface area contributed by atoms with Gasteiger partial charge in [-0.3, -0.25) is 0 Å². The number of aliphatic hydroxyl groups excluding tert-OH is 1. The highest BCUT2D eigenvalue weighted by Gasteiger charge is 2.41. The van der Waals surface area contributed by atoms with Gasteiger partial charge in [0, 0.05) is 12.6 Å². The van der Waals surface area contributed by atoms with E-state index in [2.05, 4.69) is 12.2 Å². The molecule has 0 aliphatic heterocycles. The SMILES string of the molecule is CCCC1(CN[C@H]2CCCC[C@@H]2O)CC1. The molecule has 0 aromatic rings. The molecule has 2 atom stereocenters. The van der Waals surface area contributed by atoms with Crippen LogP contribution in [0.2, 0.25) is 0 Å². The van der Waals surface area contributed by atoms with E-state index in [1.165, 1.54) is 44.9 Å². The fourth-order valence-electron chi connectivity index (χ4n) is 2.92. The van der Waals surface area contributed by atoms with Crippen LogP contribution in [0.5, 0.6) is 0 Å². The van der Waals surface area contributed by atoms with Gasteiger partial charge in [0.25, 0.3) is 0 Å². The number of rotatable bonds is 5. The maximum absolute atomic E-state index is 9.85. The van der Waals surface area contributed by atoms with Gasteiger partial charge in [-0.1, -0.05) is 26.2 Å². The van der Waals surface area contributed by atoms with Gasteiger partial charge in [-0.15, -0.1) is 0 Å². The summed E-state index contributed by atoms with van der Waals surface area (Å²) in [7, 11) is 0.